The maximum atomic E-state index is 11.8. The number of rotatable bonds is 2. The molecule has 0 atom stereocenters. The largest absolute Gasteiger partial charge is 0.399 e. The van der Waals surface area contributed by atoms with Crippen molar-refractivity contribution < 1.29 is 8.42 Å². The Labute approximate surface area is 82.8 Å². The number of nitrogens with two attached hydrogens (primary N) is 2. The summed E-state index contributed by atoms with van der Waals surface area (Å²) in [6, 6.07) is 4.47. The first kappa shape index (κ1) is 9.33. The molecule has 1 aromatic rings. The minimum atomic E-state index is -3.17. The highest BCUT2D eigenvalue weighted by molar-refractivity contribution is 7.92. The molecular formula is C9H12N2O2S. The van der Waals surface area contributed by atoms with E-state index in [2.05, 4.69) is 0 Å². The summed E-state index contributed by atoms with van der Waals surface area (Å²) in [6.07, 6.45) is 1.49. The predicted octanol–water partition coefficient (Wildman–Crippen LogP) is 0.787. The Kier molecular flexibility index (Phi) is 1.92. The van der Waals surface area contributed by atoms with Gasteiger partial charge in [-0.15, -0.1) is 0 Å². The maximum absolute atomic E-state index is 11.8. The number of sulfone groups is 1. The normalized spacial score (nSPS) is 16.9. The van der Waals surface area contributed by atoms with Gasteiger partial charge in [0, 0.05) is 11.4 Å². The maximum Gasteiger partial charge on any atom is 0.181 e. The molecule has 0 bridgehead atoms. The highest BCUT2D eigenvalue weighted by Crippen LogP contribution is 2.34. The van der Waals surface area contributed by atoms with Gasteiger partial charge < -0.3 is 11.5 Å². The zero-order chi connectivity index (χ0) is 10.3. The molecule has 0 spiro atoms. The van der Waals surface area contributed by atoms with Crippen molar-refractivity contribution in [2.45, 2.75) is 23.0 Å². The molecule has 0 aliphatic heterocycles. The minimum absolute atomic E-state index is 0.219. The Balaban J connectivity index is 2.50. The van der Waals surface area contributed by atoms with Crippen LogP contribution < -0.4 is 11.5 Å². The van der Waals surface area contributed by atoms with Gasteiger partial charge in [-0.2, -0.15) is 0 Å². The summed E-state index contributed by atoms with van der Waals surface area (Å²) in [5, 5.41) is -0.219. The zero-order valence-electron chi connectivity index (χ0n) is 7.60. The van der Waals surface area contributed by atoms with Gasteiger partial charge in [-0.1, -0.05) is 0 Å². The van der Waals surface area contributed by atoms with Crippen LogP contribution in [-0.4, -0.2) is 13.7 Å². The van der Waals surface area contributed by atoms with E-state index in [1.807, 2.05) is 0 Å². The summed E-state index contributed by atoms with van der Waals surface area (Å²) in [4.78, 5) is 0.248. The Morgan fingerprint density at radius 1 is 1.07 bits per heavy atom. The molecule has 0 heterocycles. The Morgan fingerprint density at radius 2 is 1.57 bits per heavy atom. The van der Waals surface area contributed by atoms with Crippen LogP contribution in [0.5, 0.6) is 0 Å². The van der Waals surface area contributed by atoms with Gasteiger partial charge in [-0.05, 0) is 31.0 Å². The first-order valence-corrected chi connectivity index (χ1v) is 5.95. The van der Waals surface area contributed by atoms with Crippen molar-refractivity contribution in [3.05, 3.63) is 18.2 Å². The third-order valence-corrected chi connectivity index (χ3v) is 4.48. The molecule has 0 saturated heterocycles. The van der Waals surface area contributed by atoms with E-state index in [-0.39, 0.29) is 10.1 Å². The van der Waals surface area contributed by atoms with Crippen LogP contribution >= 0.6 is 0 Å². The number of hydrogen-bond donors (Lipinski definition) is 2. The first-order valence-electron chi connectivity index (χ1n) is 4.40. The Morgan fingerprint density at radius 3 is 2.00 bits per heavy atom. The molecule has 5 heteroatoms. The van der Waals surface area contributed by atoms with Gasteiger partial charge in [0.1, 0.15) is 0 Å². The van der Waals surface area contributed by atoms with E-state index in [0.29, 0.717) is 11.4 Å². The van der Waals surface area contributed by atoms with Crippen molar-refractivity contribution in [3.8, 4) is 0 Å². The second-order valence-electron chi connectivity index (χ2n) is 3.58. The zero-order valence-corrected chi connectivity index (χ0v) is 8.42. The van der Waals surface area contributed by atoms with Gasteiger partial charge in [0.15, 0.2) is 9.84 Å². The van der Waals surface area contributed by atoms with Crippen LogP contribution in [0, 0.1) is 0 Å². The van der Waals surface area contributed by atoms with E-state index in [9.17, 15) is 8.42 Å². The van der Waals surface area contributed by atoms with Gasteiger partial charge >= 0.3 is 0 Å². The van der Waals surface area contributed by atoms with Crippen molar-refractivity contribution in [3.63, 3.8) is 0 Å². The van der Waals surface area contributed by atoms with E-state index in [1.54, 1.807) is 6.07 Å². The lowest BCUT2D eigenvalue weighted by atomic mass is 10.3. The van der Waals surface area contributed by atoms with Crippen LogP contribution in [0.2, 0.25) is 0 Å². The fraction of sp³-hybridized carbons (Fsp3) is 0.333. The van der Waals surface area contributed by atoms with Crippen LogP contribution in [-0.2, 0) is 9.84 Å². The van der Waals surface area contributed by atoms with E-state index in [1.165, 1.54) is 12.1 Å². The van der Waals surface area contributed by atoms with Crippen LogP contribution in [0.3, 0.4) is 0 Å². The first-order chi connectivity index (χ1) is 6.50. The van der Waals surface area contributed by atoms with Crippen LogP contribution in [0.1, 0.15) is 12.8 Å². The van der Waals surface area contributed by atoms with Gasteiger partial charge in [-0.3, -0.25) is 0 Å². The van der Waals surface area contributed by atoms with E-state index in [0.717, 1.165) is 12.8 Å². The number of anilines is 2. The van der Waals surface area contributed by atoms with E-state index >= 15 is 0 Å². The summed E-state index contributed by atoms with van der Waals surface area (Å²) in [5.41, 5.74) is 11.9. The number of benzene rings is 1. The molecule has 1 aromatic carbocycles. The van der Waals surface area contributed by atoms with Gasteiger partial charge in [0.25, 0.3) is 0 Å². The van der Waals surface area contributed by atoms with Crippen LogP contribution in [0.4, 0.5) is 11.4 Å². The third kappa shape index (κ3) is 1.55. The van der Waals surface area contributed by atoms with Crippen molar-refractivity contribution in [2.24, 2.45) is 0 Å². The fourth-order valence-corrected chi connectivity index (χ4v) is 3.12. The molecule has 4 N–H and O–H groups in total. The lowest BCUT2D eigenvalue weighted by Gasteiger charge is -2.04. The average molecular weight is 212 g/mol. The summed E-state index contributed by atoms with van der Waals surface area (Å²) < 4.78 is 23.6. The van der Waals surface area contributed by atoms with Gasteiger partial charge in [-0.25, -0.2) is 8.42 Å². The van der Waals surface area contributed by atoms with E-state index in [4.69, 9.17) is 11.5 Å². The Bertz CT molecular complexity index is 443. The molecule has 14 heavy (non-hydrogen) atoms. The molecule has 2 rings (SSSR count). The summed E-state index contributed by atoms with van der Waals surface area (Å²) in [5.74, 6) is 0. The summed E-state index contributed by atoms with van der Waals surface area (Å²) in [6.45, 7) is 0. The molecule has 0 amide bonds. The molecule has 76 valence electrons. The molecule has 0 unspecified atom stereocenters. The van der Waals surface area contributed by atoms with Crippen molar-refractivity contribution in [1.29, 1.82) is 0 Å². The van der Waals surface area contributed by atoms with Crippen molar-refractivity contribution >= 4 is 21.2 Å². The molecule has 1 aliphatic carbocycles. The number of hydrogen-bond acceptors (Lipinski definition) is 4. The second kappa shape index (κ2) is 2.88. The number of nitrogen functional groups attached to an aromatic ring is 2. The topological polar surface area (TPSA) is 86.2 Å². The molecule has 1 fully saturated rings. The summed E-state index contributed by atoms with van der Waals surface area (Å²) in [7, 11) is -3.17. The second-order valence-corrected chi connectivity index (χ2v) is 5.81. The highest BCUT2D eigenvalue weighted by Gasteiger charge is 2.36. The summed E-state index contributed by atoms with van der Waals surface area (Å²) >= 11 is 0. The van der Waals surface area contributed by atoms with E-state index < -0.39 is 9.84 Å². The van der Waals surface area contributed by atoms with Crippen molar-refractivity contribution in [1.82, 2.24) is 0 Å². The van der Waals surface area contributed by atoms with Crippen LogP contribution in [0.15, 0.2) is 23.1 Å². The fourth-order valence-electron chi connectivity index (χ4n) is 1.38. The molecule has 1 aliphatic rings. The minimum Gasteiger partial charge on any atom is -0.399 e. The van der Waals surface area contributed by atoms with Crippen molar-refractivity contribution in [2.75, 3.05) is 11.5 Å². The molecule has 0 aromatic heterocycles. The van der Waals surface area contributed by atoms with Gasteiger partial charge in [0.05, 0.1) is 10.1 Å². The monoisotopic (exact) mass is 212 g/mol. The SMILES string of the molecule is Nc1cc(N)cc(S(=O)(=O)C2CC2)c1. The average Bonchev–Trinajstić information content (AvgIpc) is 2.83. The van der Waals surface area contributed by atoms with Crippen LogP contribution in [0.25, 0.3) is 0 Å². The third-order valence-electron chi connectivity index (χ3n) is 2.24. The standard InChI is InChI=1S/C9H12N2O2S/c10-6-3-7(11)5-9(4-6)14(12,13)8-1-2-8/h3-5,8H,1-2,10-11H2. The molecular weight excluding hydrogens is 200 g/mol. The smallest absolute Gasteiger partial charge is 0.181 e. The Hall–Kier alpha value is -1.23. The highest BCUT2D eigenvalue weighted by atomic mass is 32.2. The predicted molar refractivity (Wildman–Crippen MR) is 55.5 cm³/mol. The molecule has 0 radical (unpaired) electrons. The lowest BCUT2D eigenvalue weighted by Crippen LogP contribution is -2.08. The lowest BCUT2D eigenvalue weighted by molar-refractivity contribution is 0.595. The van der Waals surface area contributed by atoms with Gasteiger partial charge in [0.2, 0.25) is 0 Å². The molecule has 1 saturated carbocycles. The quantitative estimate of drug-likeness (QED) is 0.709. The molecule has 4 nitrogen and oxygen atoms in total.